The zero-order valence-corrected chi connectivity index (χ0v) is 11.5. The van der Waals surface area contributed by atoms with Gasteiger partial charge in [-0.2, -0.15) is 0 Å². The maximum absolute atomic E-state index is 11.5. The van der Waals surface area contributed by atoms with Crippen LogP contribution >= 0.6 is 0 Å². The third kappa shape index (κ3) is 3.70. The Morgan fingerprint density at radius 2 is 2.12 bits per heavy atom. The van der Waals surface area contributed by atoms with Gasteiger partial charge in [-0.25, -0.2) is 0 Å². The van der Waals surface area contributed by atoms with E-state index in [0.29, 0.717) is 12.3 Å². The molecule has 100 valence electrons. The van der Waals surface area contributed by atoms with E-state index in [0.717, 1.165) is 25.7 Å². The van der Waals surface area contributed by atoms with Gasteiger partial charge in [0.1, 0.15) is 0 Å². The Hall–Kier alpha value is -0.570. The Morgan fingerprint density at radius 3 is 2.76 bits per heavy atom. The molecule has 2 N–H and O–H groups in total. The lowest BCUT2D eigenvalue weighted by atomic mass is 9.60. The topological polar surface area (TPSA) is 49.3 Å². The van der Waals surface area contributed by atoms with Gasteiger partial charge in [-0.3, -0.25) is 4.79 Å². The molecule has 2 rings (SSSR count). The Morgan fingerprint density at radius 1 is 1.41 bits per heavy atom. The highest BCUT2D eigenvalue weighted by atomic mass is 16.3. The van der Waals surface area contributed by atoms with Gasteiger partial charge in [0.25, 0.3) is 0 Å². The van der Waals surface area contributed by atoms with Crippen LogP contribution in [-0.2, 0) is 4.79 Å². The summed E-state index contributed by atoms with van der Waals surface area (Å²) in [5.41, 5.74) is 0.112. The van der Waals surface area contributed by atoms with E-state index in [1.165, 1.54) is 12.8 Å². The quantitative estimate of drug-likeness (QED) is 0.780. The highest BCUT2D eigenvalue weighted by molar-refractivity contribution is 5.76. The summed E-state index contributed by atoms with van der Waals surface area (Å²) in [5, 5.41) is 12.5. The first kappa shape index (κ1) is 14.5. The smallest absolute Gasteiger partial charge is 0.220 e. The summed E-state index contributed by atoms with van der Waals surface area (Å²) < 4.78 is 0. The molecule has 3 heteroatoms. The highest BCUT2D eigenvalue weighted by Gasteiger charge is 2.43. The number of fused-ring (bicyclic) bond motifs is 2. The van der Waals surface area contributed by atoms with Crippen LogP contribution in [0.3, 0.4) is 0 Å². The highest BCUT2D eigenvalue weighted by Crippen LogP contribution is 2.50. The lowest BCUT2D eigenvalue weighted by Crippen LogP contribution is -2.42. The van der Waals surface area contributed by atoms with E-state index in [1.54, 1.807) is 7.05 Å². The standard InChI is InChI=1S/C12H21NO2.C2H6/c1-13-11(15)8-12-4-2-3-9(6-12)5-10(14)7-12;1-2/h9-10,14H,2-8H2,1H3,(H,13,15);1-2H3. The van der Waals surface area contributed by atoms with Gasteiger partial charge >= 0.3 is 0 Å². The molecule has 17 heavy (non-hydrogen) atoms. The minimum Gasteiger partial charge on any atom is -0.393 e. The van der Waals surface area contributed by atoms with Crippen LogP contribution in [0.4, 0.5) is 0 Å². The number of carbonyl (C=O) groups excluding carboxylic acids is 1. The summed E-state index contributed by atoms with van der Waals surface area (Å²) in [6.45, 7) is 4.00. The van der Waals surface area contributed by atoms with Crippen LogP contribution in [0.25, 0.3) is 0 Å². The number of rotatable bonds is 2. The molecular formula is C14H27NO2. The molecule has 1 amide bonds. The lowest BCUT2D eigenvalue weighted by Gasteiger charge is -2.46. The Balaban J connectivity index is 0.000000686. The molecule has 2 bridgehead atoms. The molecule has 2 fully saturated rings. The van der Waals surface area contributed by atoms with Gasteiger partial charge in [-0.15, -0.1) is 0 Å². The molecule has 0 spiro atoms. The molecule has 0 aliphatic heterocycles. The summed E-state index contributed by atoms with van der Waals surface area (Å²) in [7, 11) is 1.69. The summed E-state index contributed by atoms with van der Waals surface area (Å²) in [6.07, 6.45) is 6.96. The predicted molar refractivity (Wildman–Crippen MR) is 69.7 cm³/mol. The third-order valence-corrected chi connectivity index (χ3v) is 4.13. The average Bonchev–Trinajstić information content (AvgIpc) is 2.30. The summed E-state index contributed by atoms with van der Waals surface area (Å²) in [5.74, 6) is 0.789. The molecule has 3 unspecified atom stereocenters. The van der Waals surface area contributed by atoms with Crippen molar-refractivity contribution in [1.29, 1.82) is 0 Å². The second kappa shape index (κ2) is 6.39. The molecule has 0 saturated heterocycles. The molecule has 0 aromatic carbocycles. The molecule has 0 heterocycles. The van der Waals surface area contributed by atoms with Gasteiger partial charge in [-0.05, 0) is 37.0 Å². The van der Waals surface area contributed by atoms with Crippen molar-refractivity contribution in [1.82, 2.24) is 5.32 Å². The third-order valence-electron chi connectivity index (χ3n) is 4.13. The van der Waals surface area contributed by atoms with Crippen LogP contribution in [0.2, 0.25) is 0 Å². The van der Waals surface area contributed by atoms with Crippen molar-refractivity contribution >= 4 is 5.91 Å². The summed E-state index contributed by atoms with van der Waals surface area (Å²) >= 11 is 0. The van der Waals surface area contributed by atoms with Gasteiger partial charge in [0.15, 0.2) is 0 Å². The van der Waals surface area contributed by atoms with E-state index in [1.807, 2.05) is 13.8 Å². The van der Waals surface area contributed by atoms with E-state index in [-0.39, 0.29) is 17.4 Å². The van der Waals surface area contributed by atoms with Crippen LogP contribution in [0, 0.1) is 11.3 Å². The molecule has 0 aromatic heterocycles. The normalized spacial score (nSPS) is 35.5. The molecule has 2 saturated carbocycles. The Bertz CT molecular complexity index is 251. The first-order chi connectivity index (χ1) is 8.13. The van der Waals surface area contributed by atoms with E-state index >= 15 is 0 Å². The van der Waals surface area contributed by atoms with Gasteiger partial charge in [0.05, 0.1) is 6.10 Å². The molecule has 3 atom stereocenters. The number of amides is 1. The average molecular weight is 241 g/mol. The molecular weight excluding hydrogens is 214 g/mol. The fourth-order valence-corrected chi connectivity index (χ4v) is 3.60. The number of nitrogens with one attached hydrogen (secondary N) is 1. The molecule has 3 nitrogen and oxygen atoms in total. The first-order valence-corrected chi connectivity index (χ1v) is 7.02. The van der Waals surface area contributed by atoms with E-state index < -0.39 is 0 Å². The monoisotopic (exact) mass is 241 g/mol. The predicted octanol–water partition coefficient (Wildman–Crippen LogP) is 2.48. The Labute approximate surface area is 105 Å². The van der Waals surface area contributed by atoms with Crippen LogP contribution in [0.15, 0.2) is 0 Å². The van der Waals surface area contributed by atoms with E-state index in [9.17, 15) is 9.90 Å². The zero-order chi connectivity index (χ0) is 12.9. The van der Waals surface area contributed by atoms with Gasteiger partial charge in [0.2, 0.25) is 5.91 Å². The number of aliphatic hydroxyl groups excluding tert-OH is 1. The number of hydrogen-bond acceptors (Lipinski definition) is 2. The number of aliphatic hydroxyl groups is 1. The van der Waals surface area contributed by atoms with Gasteiger partial charge in [-0.1, -0.05) is 26.7 Å². The van der Waals surface area contributed by atoms with Crippen molar-refractivity contribution in [2.45, 2.75) is 64.9 Å². The second-order valence-corrected chi connectivity index (χ2v) is 5.41. The SMILES string of the molecule is CC.CNC(=O)CC12CCCC(CC(O)C1)C2. The van der Waals surface area contributed by atoms with Gasteiger partial charge in [0, 0.05) is 13.5 Å². The molecule has 2 aliphatic rings. The largest absolute Gasteiger partial charge is 0.393 e. The van der Waals surface area contributed by atoms with Crippen molar-refractivity contribution in [2.24, 2.45) is 11.3 Å². The van der Waals surface area contributed by atoms with Crippen molar-refractivity contribution in [3.8, 4) is 0 Å². The van der Waals surface area contributed by atoms with Crippen LogP contribution < -0.4 is 5.32 Å². The van der Waals surface area contributed by atoms with Crippen molar-refractivity contribution < 1.29 is 9.90 Å². The van der Waals surface area contributed by atoms with Gasteiger partial charge < -0.3 is 10.4 Å². The minimum absolute atomic E-state index is 0.112. The van der Waals surface area contributed by atoms with Crippen molar-refractivity contribution in [2.75, 3.05) is 7.05 Å². The summed E-state index contributed by atoms with van der Waals surface area (Å²) in [4.78, 5) is 11.5. The Kier molecular flexibility index (Phi) is 5.44. The number of carbonyl (C=O) groups is 1. The van der Waals surface area contributed by atoms with Crippen LogP contribution in [0.5, 0.6) is 0 Å². The van der Waals surface area contributed by atoms with Crippen molar-refractivity contribution in [3.05, 3.63) is 0 Å². The van der Waals surface area contributed by atoms with E-state index in [4.69, 9.17) is 0 Å². The fraction of sp³-hybridized carbons (Fsp3) is 0.929. The number of hydrogen-bond donors (Lipinski definition) is 2. The van der Waals surface area contributed by atoms with E-state index in [2.05, 4.69) is 5.32 Å². The van der Waals surface area contributed by atoms with Crippen LogP contribution in [-0.4, -0.2) is 24.2 Å². The maximum atomic E-state index is 11.5. The lowest BCUT2D eigenvalue weighted by molar-refractivity contribution is -0.126. The minimum atomic E-state index is -0.172. The van der Waals surface area contributed by atoms with Crippen LogP contribution in [0.1, 0.15) is 58.8 Å². The fourth-order valence-electron chi connectivity index (χ4n) is 3.60. The second-order valence-electron chi connectivity index (χ2n) is 5.41. The maximum Gasteiger partial charge on any atom is 0.220 e. The molecule has 2 aliphatic carbocycles. The zero-order valence-electron chi connectivity index (χ0n) is 11.5. The van der Waals surface area contributed by atoms with Crippen molar-refractivity contribution in [3.63, 3.8) is 0 Å². The molecule has 0 aromatic rings. The summed E-state index contributed by atoms with van der Waals surface area (Å²) in [6, 6.07) is 0. The first-order valence-electron chi connectivity index (χ1n) is 7.02. The molecule has 0 radical (unpaired) electrons.